The standard InChI is InChI=1S/C15H21ClO/c1-2-12-5-4-9-15(17,10-8-12)13-6-3-7-14(16)11-13/h3,6-7,11-12,17H,2,4-5,8-10H2,1H3. The third-order valence-electron chi connectivity index (χ3n) is 4.11. The molecule has 0 radical (unpaired) electrons. The van der Waals surface area contributed by atoms with Crippen molar-refractivity contribution in [2.45, 2.75) is 51.0 Å². The van der Waals surface area contributed by atoms with Crippen LogP contribution in [0, 0.1) is 5.92 Å². The zero-order valence-electron chi connectivity index (χ0n) is 10.5. The second kappa shape index (κ2) is 5.41. The maximum atomic E-state index is 10.8. The number of hydrogen-bond acceptors (Lipinski definition) is 1. The lowest BCUT2D eigenvalue weighted by atomic mass is 9.86. The molecule has 0 spiro atoms. The molecule has 94 valence electrons. The summed E-state index contributed by atoms with van der Waals surface area (Å²) in [7, 11) is 0. The number of hydrogen-bond donors (Lipinski definition) is 1. The van der Waals surface area contributed by atoms with E-state index in [1.807, 2.05) is 24.3 Å². The molecule has 1 aromatic rings. The molecule has 17 heavy (non-hydrogen) atoms. The van der Waals surface area contributed by atoms with Crippen molar-refractivity contribution in [3.05, 3.63) is 34.9 Å². The Bertz CT molecular complexity index is 377. The van der Waals surface area contributed by atoms with Gasteiger partial charge < -0.3 is 5.11 Å². The first kappa shape index (κ1) is 12.9. The monoisotopic (exact) mass is 252 g/mol. The van der Waals surface area contributed by atoms with Gasteiger partial charge in [0.05, 0.1) is 5.60 Å². The number of aliphatic hydroxyl groups is 1. The molecule has 0 aliphatic heterocycles. The topological polar surface area (TPSA) is 20.2 Å². The van der Waals surface area contributed by atoms with Crippen LogP contribution in [-0.2, 0) is 5.60 Å². The van der Waals surface area contributed by atoms with Gasteiger partial charge in [-0.3, -0.25) is 0 Å². The van der Waals surface area contributed by atoms with Gasteiger partial charge in [0.2, 0.25) is 0 Å². The van der Waals surface area contributed by atoms with E-state index in [-0.39, 0.29) is 0 Å². The summed E-state index contributed by atoms with van der Waals surface area (Å²) in [5, 5.41) is 11.5. The van der Waals surface area contributed by atoms with E-state index in [0.717, 1.165) is 37.2 Å². The first-order valence-corrected chi connectivity index (χ1v) is 7.00. The van der Waals surface area contributed by atoms with Gasteiger partial charge in [-0.25, -0.2) is 0 Å². The Labute approximate surface area is 109 Å². The summed E-state index contributed by atoms with van der Waals surface area (Å²) in [6, 6.07) is 7.70. The van der Waals surface area contributed by atoms with Crippen LogP contribution >= 0.6 is 11.6 Å². The van der Waals surface area contributed by atoms with Crippen molar-refractivity contribution in [3.63, 3.8) is 0 Å². The lowest BCUT2D eigenvalue weighted by Gasteiger charge is -2.27. The predicted molar refractivity (Wildman–Crippen MR) is 72.2 cm³/mol. The van der Waals surface area contributed by atoms with Gasteiger partial charge in [-0.2, -0.15) is 0 Å². The highest BCUT2D eigenvalue weighted by molar-refractivity contribution is 6.30. The lowest BCUT2D eigenvalue weighted by molar-refractivity contribution is 0.0196. The molecule has 2 atom stereocenters. The minimum atomic E-state index is -0.658. The van der Waals surface area contributed by atoms with Gasteiger partial charge in [0.15, 0.2) is 0 Å². The van der Waals surface area contributed by atoms with Gasteiger partial charge in [-0.05, 0) is 49.3 Å². The van der Waals surface area contributed by atoms with E-state index >= 15 is 0 Å². The Hall–Kier alpha value is -0.530. The number of halogens is 1. The van der Waals surface area contributed by atoms with Crippen LogP contribution in [0.25, 0.3) is 0 Å². The van der Waals surface area contributed by atoms with Crippen molar-refractivity contribution in [1.29, 1.82) is 0 Å². The summed E-state index contributed by atoms with van der Waals surface area (Å²) in [5.74, 6) is 0.781. The molecular formula is C15H21ClO. The fourth-order valence-electron chi connectivity index (χ4n) is 2.87. The predicted octanol–water partition coefficient (Wildman–Crippen LogP) is 4.52. The van der Waals surface area contributed by atoms with Gasteiger partial charge in [0.25, 0.3) is 0 Å². The number of benzene rings is 1. The summed E-state index contributed by atoms with van der Waals surface area (Å²) >= 11 is 6.01. The molecule has 0 amide bonds. The van der Waals surface area contributed by atoms with Gasteiger partial charge in [-0.1, -0.05) is 43.5 Å². The quantitative estimate of drug-likeness (QED) is 0.768. The van der Waals surface area contributed by atoms with Gasteiger partial charge >= 0.3 is 0 Å². The molecule has 0 bridgehead atoms. The molecular weight excluding hydrogens is 232 g/mol. The van der Waals surface area contributed by atoms with Crippen molar-refractivity contribution in [2.75, 3.05) is 0 Å². The number of rotatable bonds is 2. The zero-order valence-corrected chi connectivity index (χ0v) is 11.2. The van der Waals surface area contributed by atoms with Gasteiger partial charge in [-0.15, -0.1) is 0 Å². The van der Waals surface area contributed by atoms with Crippen molar-refractivity contribution in [2.24, 2.45) is 5.92 Å². The van der Waals surface area contributed by atoms with E-state index in [2.05, 4.69) is 6.92 Å². The zero-order chi connectivity index (χ0) is 12.3. The molecule has 1 saturated carbocycles. The molecule has 1 aromatic carbocycles. The SMILES string of the molecule is CCC1CCCC(O)(c2cccc(Cl)c2)CC1. The van der Waals surface area contributed by atoms with Gasteiger partial charge in [0.1, 0.15) is 0 Å². The normalized spacial score (nSPS) is 29.9. The van der Waals surface area contributed by atoms with Crippen LogP contribution in [0.3, 0.4) is 0 Å². The molecule has 1 aliphatic carbocycles. The van der Waals surface area contributed by atoms with E-state index in [4.69, 9.17) is 11.6 Å². The summed E-state index contributed by atoms with van der Waals surface area (Å²) < 4.78 is 0. The van der Waals surface area contributed by atoms with Crippen molar-refractivity contribution >= 4 is 11.6 Å². The molecule has 2 rings (SSSR count). The summed E-state index contributed by atoms with van der Waals surface area (Å²) in [6.45, 7) is 2.24. The smallest absolute Gasteiger partial charge is 0.0897 e. The van der Waals surface area contributed by atoms with Gasteiger partial charge in [0, 0.05) is 5.02 Å². The van der Waals surface area contributed by atoms with Crippen LogP contribution < -0.4 is 0 Å². The van der Waals surface area contributed by atoms with E-state index in [1.165, 1.54) is 12.8 Å². The maximum absolute atomic E-state index is 10.8. The Kier molecular flexibility index (Phi) is 4.11. The summed E-state index contributed by atoms with van der Waals surface area (Å²) in [6.07, 6.45) is 6.45. The first-order valence-electron chi connectivity index (χ1n) is 6.62. The van der Waals surface area contributed by atoms with Crippen LogP contribution in [-0.4, -0.2) is 5.11 Å². The molecule has 0 saturated heterocycles. The van der Waals surface area contributed by atoms with Crippen LogP contribution in [0.4, 0.5) is 0 Å². The Morgan fingerprint density at radius 1 is 1.35 bits per heavy atom. The maximum Gasteiger partial charge on any atom is 0.0897 e. The molecule has 2 unspecified atom stereocenters. The lowest BCUT2D eigenvalue weighted by Crippen LogP contribution is -2.24. The highest BCUT2D eigenvalue weighted by Crippen LogP contribution is 2.39. The average molecular weight is 253 g/mol. The third kappa shape index (κ3) is 3.02. The molecule has 0 heterocycles. The van der Waals surface area contributed by atoms with E-state index in [9.17, 15) is 5.11 Å². The second-order valence-corrected chi connectivity index (χ2v) is 5.68. The molecule has 1 fully saturated rings. The molecule has 2 heteroatoms. The second-order valence-electron chi connectivity index (χ2n) is 5.25. The highest BCUT2D eigenvalue weighted by Gasteiger charge is 2.32. The molecule has 1 nitrogen and oxygen atoms in total. The molecule has 1 aliphatic rings. The van der Waals surface area contributed by atoms with E-state index < -0.39 is 5.60 Å². The van der Waals surface area contributed by atoms with E-state index in [0.29, 0.717) is 5.02 Å². The molecule has 0 aromatic heterocycles. The minimum Gasteiger partial charge on any atom is -0.385 e. The fourth-order valence-corrected chi connectivity index (χ4v) is 3.06. The Morgan fingerprint density at radius 2 is 2.18 bits per heavy atom. The largest absolute Gasteiger partial charge is 0.385 e. The van der Waals surface area contributed by atoms with E-state index in [1.54, 1.807) is 0 Å². The van der Waals surface area contributed by atoms with Crippen LogP contribution in [0.1, 0.15) is 51.0 Å². The Balaban J connectivity index is 2.18. The minimum absolute atomic E-state index is 0.658. The highest BCUT2D eigenvalue weighted by atomic mass is 35.5. The molecule has 1 N–H and O–H groups in total. The summed E-state index contributed by atoms with van der Waals surface area (Å²) in [4.78, 5) is 0. The summed E-state index contributed by atoms with van der Waals surface area (Å²) in [5.41, 5.74) is 0.330. The van der Waals surface area contributed by atoms with Crippen molar-refractivity contribution in [1.82, 2.24) is 0 Å². The Morgan fingerprint density at radius 3 is 2.88 bits per heavy atom. The van der Waals surface area contributed by atoms with Crippen LogP contribution in [0.15, 0.2) is 24.3 Å². The third-order valence-corrected chi connectivity index (χ3v) is 4.34. The van der Waals surface area contributed by atoms with Crippen LogP contribution in [0.5, 0.6) is 0 Å². The van der Waals surface area contributed by atoms with Crippen molar-refractivity contribution in [3.8, 4) is 0 Å². The fraction of sp³-hybridized carbons (Fsp3) is 0.600. The first-order chi connectivity index (χ1) is 8.14. The average Bonchev–Trinajstić information content (AvgIpc) is 2.52. The van der Waals surface area contributed by atoms with Crippen molar-refractivity contribution < 1.29 is 5.11 Å². The van der Waals surface area contributed by atoms with Crippen LogP contribution in [0.2, 0.25) is 5.02 Å².